The number of nitrogens with one attached hydrogen (secondary N) is 1. The molecule has 0 spiro atoms. The summed E-state index contributed by atoms with van der Waals surface area (Å²) < 4.78 is 11.2. The Kier molecular flexibility index (Phi) is 5.98. The number of rotatable bonds is 7. The van der Waals surface area contributed by atoms with Gasteiger partial charge in [0.05, 0.1) is 0 Å². The van der Waals surface area contributed by atoms with Crippen molar-refractivity contribution in [2.24, 2.45) is 0 Å². The van der Waals surface area contributed by atoms with Crippen LogP contribution < -0.4 is 5.32 Å². The first kappa shape index (κ1) is 15.4. The van der Waals surface area contributed by atoms with Gasteiger partial charge in [-0.2, -0.15) is 4.98 Å². The van der Waals surface area contributed by atoms with Crippen LogP contribution in [-0.4, -0.2) is 29.8 Å². The molecule has 1 saturated carbocycles. The molecule has 1 aliphatic carbocycles. The van der Waals surface area contributed by atoms with Crippen molar-refractivity contribution < 1.29 is 9.26 Å². The average molecular weight is 281 g/mol. The molecule has 1 aliphatic rings. The standard InChI is InChI=1S/C15H27N3O2/c1-4-6-13(19-5-2)14-17-15(20-18-14)11-7-9-12(16-3)10-8-11/h11-13,16H,4-10H2,1-3H3. The summed E-state index contributed by atoms with van der Waals surface area (Å²) >= 11 is 0. The van der Waals surface area contributed by atoms with E-state index in [1.807, 2.05) is 14.0 Å². The van der Waals surface area contributed by atoms with E-state index >= 15 is 0 Å². The van der Waals surface area contributed by atoms with Gasteiger partial charge >= 0.3 is 0 Å². The molecule has 1 N–H and O–H groups in total. The summed E-state index contributed by atoms with van der Waals surface area (Å²) in [5.74, 6) is 1.94. The van der Waals surface area contributed by atoms with Crippen molar-refractivity contribution >= 4 is 0 Å². The van der Waals surface area contributed by atoms with E-state index in [0.717, 1.165) is 37.4 Å². The molecule has 1 unspecified atom stereocenters. The third-order valence-corrected chi connectivity index (χ3v) is 4.15. The minimum Gasteiger partial charge on any atom is -0.370 e. The van der Waals surface area contributed by atoms with Gasteiger partial charge in [0.2, 0.25) is 11.7 Å². The second kappa shape index (κ2) is 7.74. The summed E-state index contributed by atoms with van der Waals surface area (Å²) in [4.78, 5) is 4.60. The molecule has 2 rings (SSSR count). The van der Waals surface area contributed by atoms with E-state index in [1.54, 1.807) is 0 Å². The van der Waals surface area contributed by atoms with E-state index in [4.69, 9.17) is 9.26 Å². The molecule has 20 heavy (non-hydrogen) atoms. The Balaban J connectivity index is 1.97. The van der Waals surface area contributed by atoms with E-state index in [-0.39, 0.29) is 6.10 Å². The maximum atomic E-state index is 5.71. The zero-order valence-electron chi connectivity index (χ0n) is 12.9. The van der Waals surface area contributed by atoms with Gasteiger partial charge in [0.25, 0.3) is 0 Å². The maximum absolute atomic E-state index is 5.71. The van der Waals surface area contributed by atoms with E-state index in [0.29, 0.717) is 18.6 Å². The third-order valence-electron chi connectivity index (χ3n) is 4.15. The Labute approximate surface area is 121 Å². The highest BCUT2D eigenvalue weighted by molar-refractivity contribution is 4.99. The van der Waals surface area contributed by atoms with Gasteiger partial charge in [-0.1, -0.05) is 18.5 Å². The second-order valence-electron chi connectivity index (χ2n) is 5.56. The zero-order chi connectivity index (χ0) is 14.4. The van der Waals surface area contributed by atoms with Crippen LogP contribution >= 0.6 is 0 Å². The lowest BCUT2D eigenvalue weighted by atomic mass is 9.86. The first-order valence-electron chi connectivity index (χ1n) is 7.90. The highest BCUT2D eigenvalue weighted by Crippen LogP contribution is 2.32. The molecule has 1 atom stereocenters. The van der Waals surface area contributed by atoms with Crippen molar-refractivity contribution in [2.75, 3.05) is 13.7 Å². The van der Waals surface area contributed by atoms with Crippen LogP contribution in [0.2, 0.25) is 0 Å². The maximum Gasteiger partial charge on any atom is 0.229 e. The molecule has 0 amide bonds. The Bertz CT molecular complexity index is 380. The number of aromatic nitrogens is 2. The van der Waals surface area contributed by atoms with Gasteiger partial charge in [0, 0.05) is 18.6 Å². The van der Waals surface area contributed by atoms with Crippen molar-refractivity contribution in [1.29, 1.82) is 0 Å². The lowest BCUT2D eigenvalue weighted by molar-refractivity contribution is 0.0477. The quantitative estimate of drug-likeness (QED) is 0.831. The van der Waals surface area contributed by atoms with Crippen LogP contribution in [0.15, 0.2) is 4.52 Å². The molecule has 5 heteroatoms. The molecule has 5 nitrogen and oxygen atoms in total. The van der Waals surface area contributed by atoms with Crippen molar-refractivity contribution in [3.8, 4) is 0 Å². The molecule has 114 valence electrons. The molecule has 0 aliphatic heterocycles. The van der Waals surface area contributed by atoms with Crippen LogP contribution in [0.4, 0.5) is 0 Å². The van der Waals surface area contributed by atoms with Crippen molar-refractivity contribution in [3.05, 3.63) is 11.7 Å². The molecule has 1 aromatic rings. The van der Waals surface area contributed by atoms with Crippen LogP contribution in [0.25, 0.3) is 0 Å². The molecule has 0 bridgehead atoms. The summed E-state index contributed by atoms with van der Waals surface area (Å²) in [6, 6.07) is 0.643. The minimum absolute atomic E-state index is 0.0175. The summed E-state index contributed by atoms with van der Waals surface area (Å²) in [7, 11) is 2.03. The van der Waals surface area contributed by atoms with Crippen molar-refractivity contribution in [3.63, 3.8) is 0 Å². The van der Waals surface area contributed by atoms with E-state index in [1.165, 1.54) is 12.8 Å². The van der Waals surface area contributed by atoms with Crippen molar-refractivity contribution in [2.45, 2.75) is 70.4 Å². The molecule has 0 radical (unpaired) electrons. The van der Waals surface area contributed by atoms with Crippen LogP contribution in [0.3, 0.4) is 0 Å². The Morgan fingerprint density at radius 2 is 2.05 bits per heavy atom. The minimum atomic E-state index is -0.0175. The van der Waals surface area contributed by atoms with Gasteiger partial charge in [-0.05, 0) is 46.1 Å². The van der Waals surface area contributed by atoms with Crippen LogP contribution in [-0.2, 0) is 4.74 Å². The summed E-state index contributed by atoms with van der Waals surface area (Å²) in [6.45, 7) is 4.83. The van der Waals surface area contributed by atoms with Gasteiger partial charge in [-0.25, -0.2) is 0 Å². The first-order chi connectivity index (χ1) is 9.78. The highest BCUT2D eigenvalue weighted by Gasteiger charge is 2.27. The molecule has 0 aromatic carbocycles. The topological polar surface area (TPSA) is 60.2 Å². The number of hydrogen-bond donors (Lipinski definition) is 1. The third kappa shape index (κ3) is 3.79. The summed E-state index contributed by atoms with van der Waals surface area (Å²) in [5.41, 5.74) is 0. The molecule has 1 heterocycles. The molecule has 1 aromatic heterocycles. The highest BCUT2D eigenvalue weighted by atomic mass is 16.5. The smallest absolute Gasteiger partial charge is 0.229 e. The monoisotopic (exact) mass is 281 g/mol. The van der Waals surface area contributed by atoms with E-state index in [2.05, 4.69) is 22.4 Å². The van der Waals surface area contributed by atoms with E-state index in [9.17, 15) is 0 Å². The molecular weight excluding hydrogens is 254 g/mol. The molecular formula is C15H27N3O2. The number of ether oxygens (including phenoxy) is 1. The van der Waals surface area contributed by atoms with Crippen LogP contribution in [0.1, 0.15) is 76.1 Å². The predicted octanol–water partition coefficient (Wildman–Crippen LogP) is 3.19. The lowest BCUT2D eigenvalue weighted by Crippen LogP contribution is -2.29. The van der Waals surface area contributed by atoms with E-state index < -0.39 is 0 Å². The van der Waals surface area contributed by atoms with Gasteiger partial charge in [0.15, 0.2) is 0 Å². The Hall–Kier alpha value is -0.940. The molecule has 1 fully saturated rings. The fraction of sp³-hybridized carbons (Fsp3) is 0.867. The fourth-order valence-electron chi connectivity index (χ4n) is 2.92. The van der Waals surface area contributed by atoms with Gasteiger partial charge in [0.1, 0.15) is 6.10 Å². The van der Waals surface area contributed by atoms with Crippen LogP contribution in [0, 0.1) is 0 Å². The predicted molar refractivity (Wildman–Crippen MR) is 77.6 cm³/mol. The SMILES string of the molecule is CCCC(OCC)c1noc(C2CCC(NC)CC2)n1. The van der Waals surface area contributed by atoms with Gasteiger partial charge < -0.3 is 14.6 Å². The fourth-order valence-corrected chi connectivity index (χ4v) is 2.92. The first-order valence-corrected chi connectivity index (χ1v) is 7.90. The molecule has 0 saturated heterocycles. The average Bonchev–Trinajstić information content (AvgIpc) is 2.97. The number of hydrogen-bond acceptors (Lipinski definition) is 5. The number of nitrogens with zero attached hydrogens (tertiary/aromatic N) is 2. The van der Waals surface area contributed by atoms with Crippen molar-refractivity contribution in [1.82, 2.24) is 15.5 Å². The second-order valence-corrected chi connectivity index (χ2v) is 5.56. The zero-order valence-corrected chi connectivity index (χ0v) is 12.9. The Morgan fingerprint density at radius 1 is 1.30 bits per heavy atom. The summed E-state index contributed by atoms with van der Waals surface area (Å²) in [5, 5.41) is 7.49. The van der Waals surface area contributed by atoms with Crippen LogP contribution in [0.5, 0.6) is 0 Å². The largest absolute Gasteiger partial charge is 0.370 e. The van der Waals surface area contributed by atoms with Gasteiger partial charge in [-0.15, -0.1) is 0 Å². The summed E-state index contributed by atoms with van der Waals surface area (Å²) in [6.07, 6.45) is 6.60. The lowest BCUT2D eigenvalue weighted by Gasteiger charge is -2.25. The normalized spacial score (nSPS) is 24.8. The Morgan fingerprint density at radius 3 is 2.65 bits per heavy atom. The van der Waals surface area contributed by atoms with Gasteiger partial charge in [-0.3, -0.25) is 0 Å².